The van der Waals surface area contributed by atoms with Crippen molar-refractivity contribution in [2.24, 2.45) is 11.7 Å². The second-order valence-corrected chi connectivity index (χ2v) is 5.72. The van der Waals surface area contributed by atoms with Crippen LogP contribution in [0, 0.1) is 5.92 Å². The molecule has 1 aliphatic rings. The molecule has 10 heteroatoms. The highest BCUT2D eigenvalue weighted by molar-refractivity contribution is 5.92. The largest absolute Gasteiger partial charge is 0.418 e. The van der Waals surface area contributed by atoms with Gasteiger partial charge in [-0.2, -0.15) is 13.2 Å². The van der Waals surface area contributed by atoms with E-state index in [9.17, 15) is 18.0 Å². The number of benzene rings is 1. The molecule has 1 atom stereocenters. The summed E-state index contributed by atoms with van der Waals surface area (Å²) in [6.45, 7) is 0.307. The van der Waals surface area contributed by atoms with E-state index in [1.54, 1.807) is 0 Å². The molecule has 0 aliphatic heterocycles. The Balaban J connectivity index is 0.00000225. The molecule has 1 aromatic heterocycles. The zero-order valence-corrected chi connectivity index (χ0v) is 13.8. The van der Waals surface area contributed by atoms with Gasteiger partial charge in [-0.3, -0.25) is 4.79 Å². The van der Waals surface area contributed by atoms with Crippen molar-refractivity contribution >= 4 is 18.3 Å². The highest BCUT2D eigenvalue weighted by atomic mass is 35.5. The molecule has 25 heavy (non-hydrogen) atoms. The summed E-state index contributed by atoms with van der Waals surface area (Å²) < 4.78 is 40.1. The quantitative estimate of drug-likeness (QED) is 0.838. The van der Waals surface area contributed by atoms with Crippen LogP contribution in [0.5, 0.6) is 0 Å². The van der Waals surface area contributed by atoms with Gasteiger partial charge in [-0.1, -0.05) is 17.3 Å². The van der Waals surface area contributed by atoms with E-state index in [1.807, 2.05) is 0 Å². The first kappa shape index (κ1) is 19.2. The lowest BCUT2D eigenvalue weighted by molar-refractivity contribution is -0.137. The summed E-state index contributed by atoms with van der Waals surface area (Å²) in [4.78, 5) is 12.2. The number of alkyl halides is 3. The highest BCUT2D eigenvalue weighted by Crippen LogP contribution is 2.33. The third-order valence-corrected chi connectivity index (χ3v) is 3.94. The third kappa shape index (κ3) is 4.29. The number of nitrogens with two attached hydrogens (primary N) is 1. The maximum Gasteiger partial charge on any atom is 0.418 e. The molecule has 1 saturated carbocycles. The number of halogens is 4. The summed E-state index contributed by atoms with van der Waals surface area (Å²) in [7, 11) is 0. The molecule has 1 aliphatic carbocycles. The SMILES string of the molecule is Cl.NCC(NC(=O)c1cn(-c2ccccc2C(F)(F)F)nn1)C1CC1. The van der Waals surface area contributed by atoms with Crippen LogP contribution in [0.15, 0.2) is 30.5 Å². The highest BCUT2D eigenvalue weighted by Gasteiger charge is 2.34. The predicted molar refractivity (Wildman–Crippen MR) is 86.6 cm³/mol. The van der Waals surface area contributed by atoms with Gasteiger partial charge in [0.1, 0.15) is 0 Å². The van der Waals surface area contributed by atoms with Crippen LogP contribution < -0.4 is 11.1 Å². The molecule has 0 spiro atoms. The van der Waals surface area contributed by atoms with E-state index in [4.69, 9.17) is 5.73 Å². The van der Waals surface area contributed by atoms with Crippen LogP contribution in [0.25, 0.3) is 5.69 Å². The Kier molecular flexibility index (Phi) is 5.69. The van der Waals surface area contributed by atoms with Crippen LogP contribution >= 0.6 is 12.4 Å². The number of nitrogens with one attached hydrogen (secondary N) is 1. The van der Waals surface area contributed by atoms with E-state index in [1.165, 1.54) is 24.4 Å². The Labute approximate surface area is 148 Å². The molecular weight excluding hydrogens is 359 g/mol. The predicted octanol–water partition coefficient (Wildman–Crippen LogP) is 2.17. The molecule has 0 saturated heterocycles. The minimum atomic E-state index is -4.53. The molecule has 6 nitrogen and oxygen atoms in total. The molecule has 1 fully saturated rings. The Bertz CT molecular complexity index is 745. The van der Waals surface area contributed by atoms with Crippen molar-refractivity contribution in [1.29, 1.82) is 0 Å². The Hall–Kier alpha value is -2.13. The third-order valence-electron chi connectivity index (χ3n) is 3.94. The van der Waals surface area contributed by atoms with E-state index in [2.05, 4.69) is 15.6 Å². The fraction of sp³-hybridized carbons (Fsp3) is 0.400. The van der Waals surface area contributed by atoms with Crippen molar-refractivity contribution in [3.8, 4) is 5.69 Å². The van der Waals surface area contributed by atoms with Crippen LogP contribution in [-0.4, -0.2) is 33.5 Å². The lowest BCUT2D eigenvalue weighted by Gasteiger charge is -2.14. The van der Waals surface area contributed by atoms with Gasteiger partial charge in [-0.15, -0.1) is 17.5 Å². The van der Waals surface area contributed by atoms with E-state index in [0.29, 0.717) is 12.5 Å². The normalized spacial score (nSPS) is 15.4. The first-order chi connectivity index (χ1) is 11.4. The van der Waals surface area contributed by atoms with Crippen molar-refractivity contribution in [2.45, 2.75) is 25.1 Å². The molecule has 136 valence electrons. The molecule has 3 N–H and O–H groups in total. The molecule has 3 rings (SSSR count). The maximum atomic E-state index is 13.1. The van der Waals surface area contributed by atoms with Crippen molar-refractivity contribution in [3.05, 3.63) is 41.7 Å². The van der Waals surface area contributed by atoms with Crippen LogP contribution in [0.1, 0.15) is 28.9 Å². The summed E-state index contributed by atoms with van der Waals surface area (Å²) in [5.41, 5.74) is 4.54. The number of para-hydroxylation sites is 1. The van der Waals surface area contributed by atoms with Gasteiger partial charge in [0, 0.05) is 12.6 Å². The van der Waals surface area contributed by atoms with Gasteiger partial charge in [0.25, 0.3) is 5.91 Å². The van der Waals surface area contributed by atoms with E-state index >= 15 is 0 Å². The molecule has 1 aromatic carbocycles. The monoisotopic (exact) mass is 375 g/mol. The molecule has 1 heterocycles. The summed E-state index contributed by atoms with van der Waals surface area (Å²) in [5.74, 6) is -0.131. The smallest absolute Gasteiger partial charge is 0.346 e. The first-order valence-corrected chi connectivity index (χ1v) is 7.50. The standard InChI is InChI=1S/C15H16F3N5O.ClH/c16-15(17,18)10-3-1-2-4-13(10)23-8-12(21-22-23)14(24)20-11(7-19)9-5-6-9;/h1-4,8-9,11H,5-7,19H2,(H,20,24);1H. The molecule has 2 aromatic rings. The van der Waals surface area contributed by atoms with E-state index in [0.717, 1.165) is 23.6 Å². The van der Waals surface area contributed by atoms with Gasteiger partial charge >= 0.3 is 6.18 Å². The Morgan fingerprint density at radius 3 is 2.64 bits per heavy atom. The fourth-order valence-corrected chi connectivity index (χ4v) is 2.51. The molecular formula is C15H17ClF3N5O. The number of amides is 1. The summed E-state index contributed by atoms with van der Waals surface area (Å²) in [6, 6.07) is 4.83. The van der Waals surface area contributed by atoms with E-state index in [-0.39, 0.29) is 29.8 Å². The van der Waals surface area contributed by atoms with Gasteiger partial charge in [0.15, 0.2) is 5.69 Å². The second kappa shape index (κ2) is 7.40. The molecule has 1 amide bonds. The topological polar surface area (TPSA) is 85.8 Å². The van der Waals surface area contributed by atoms with E-state index < -0.39 is 17.6 Å². The number of nitrogens with zero attached hydrogens (tertiary/aromatic N) is 3. The van der Waals surface area contributed by atoms with Gasteiger partial charge in [0.2, 0.25) is 0 Å². The van der Waals surface area contributed by atoms with Crippen molar-refractivity contribution in [3.63, 3.8) is 0 Å². The second-order valence-electron chi connectivity index (χ2n) is 5.72. The minimum Gasteiger partial charge on any atom is -0.346 e. The Morgan fingerprint density at radius 1 is 1.36 bits per heavy atom. The number of rotatable bonds is 5. The van der Waals surface area contributed by atoms with Crippen LogP contribution in [0.2, 0.25) is 0 Å². The molecule has 1 unspecified atom stereocenters. The Morgan fingerprint density at radius 2 is 2.04 bits per heavy atom. The summed E-state index contributed by atoms with van der Waals surface area (Å²) in [6.07, 6.45) is -1.33. The average Bonchev–Trinajstić information content (AvgIpc) is 3.27. The van der Waals surface area contributed by atoms with Crippen molar-refractivity contribution < 1.29 is 18.0 Å². The maximum absolute atomic E-state index is 13.1. The first-order valence-electron chi connectivity index (χ1n) is 7.50. The van der Waals surface area contributed by atoms with Crippen molar-refractivity contribution in [2.75, 3.05) is 6.54 Å². The number of hydrogen-bond donors (Lipinski definition) is 2. The average molecular weight is 376 g/mol. The molecule has 0 radical (unpaired) electrons. The number of hydrogen-bond acceptors (Lipinski definition) is 4. The lowest BCUT2D eigenvalue weighted by Crippen LogP contribution is -2.41. The fourth-order valence-electron chi connectivity index (χ4n) is 2.51. The van der Waals surface area contributed by atoms with Crippen LogP contribution in [-0.2, 0) is 6.18 Å². The lowest BCUT2D eigenvalue weighted by atomic mass is 10.1. The van der Waals surface area contributed by atoms with Gasteiger partial charge in [0.05, 0.1) is 17.4 Å². The van der Waals surface area contributed by atoms with Gasteiger partial charge in [-0.25, -0.2) is 4.68 Å². The summed E-state index contributed by atoms with van der Waals surface area (Å²) in [5, 5.41) is 10.1. The van der Waals surface area contributed by atoms with Gasteiger partial charge < -0.3 is 11.1 Å². The van der Waals surface area contributed by atoms with Crippen LogP contribution in [0.3, 0.4) is 0 Å². The van der Waals surface area contributed by atoms with Crippen molar-refractivity contribution in [1.82, 2.24) is 20.3 Å². The van der Waals surface area contributed by atoms with Gasteiger partial charge in [-0.05, 0) is 30.9 Å². The zero-order valence-electron chi connectivity index (χ0n) is 13.0. The van der Waals surface area contributed by atoms with Crippen LogP contribution in [0.4, 0.5) is 13.2 Å². The zero-order chi connectivity index (χ0) is 17.3. The number of carbonyl (C=O) groups is 1. The molecule has 0 bridgehead atoms. The number of aromatic nitrogens is 3. The number of carbonyl (C=O) groups excluding carboxylic acids is 1. The minimum absolute atomic E-state index is 0. The summed E-state index contributed by atoms with van der Waals surface area (Å²) >= 11 is 0.